The number of aromatic amines is 2. The van der Waals surface area contributed by atoms with Gasteiger partial charge in [0.15, 0.2) is 5.82 Å². The molecule has 30 heavy (non-hydrogen) atoms. The lowest BCUT2D eigenvalue weighted by Gasteiger charge is -2.33. The van der Waals surface area contributed by atoms with Gasteiger partial charge in [0.05, 0.1) is 5.69 Å². The number of halogens is 1. The molecule has 5 rings (SSSR count). The zero-order valence-electron chi connectivity index (χ0n) is 16.4. The summed E-state index contributed by atoms with van der Waals surface area (Å²) in [7, 11) is 0. The zero-order chi connectivity index (χ0) is 20.5. The van der Waals surface area contributed by atoms with Crippen LogP contribution in [0.1, 0.15) is 23.3 Å². The van der Waals surface area contributed by atoms with Gasteiger partial charge in [-0.15, -0.1) is 0 Å². The number of nitrogens with one attached hydrogen (secondary N) is 3. The van der Waals surface area contributed by atoms with Gasteiger partial charge in [0.1, 0.15) is 5.69 Å². The summed E-state index contributed by atoms with van der Waals surface area (Å²) in [5.74, 6) is 0.825. The van der Waals surface area contributed by atoms with Crippen LogP contribution in [0.4, 0.5) is 5.82 Å². The van der Waals surface area contributed by atoms with Crippen LogP contribution in [0.2, 0.25) is 5.02 Å². The Bertz CT molecular complexity index is 1150. The number of amides is 1. The Labute approximate surface area is 179 Å². The highest BCUT2D eigenvalue weighted by molar-refractivity contribution is 6.30. The number of piperidine rings is 1. The topological polar surface area (TPSA) is 76.8 Å². The Balaban J connectivity index is 1.27. The van der Waals surface area contributed by atoms with Crippen LogP contribution in [0.3, 0.4) is 0 Å². The molecule has 6 nitrogen and oxygen atoms in total. The van der Waals surface area contributed by atoms with Gasteiger partial charge in [-0.2, -0.15) is 5.10 Å². The van der Waals surface area contributed by atoms with E-state index in [1.807, 2.05) is 60.7 Å². The molecule has 1 aliphatic rings. The Kier molecular flexibility index (Phi) is 4.93. The second kappa shape index (κ2) is 7.88. The number of anilines is 1. The van der Waals surface area contributed by atoms with E-state index in [9.17, 15) is 4.79 Å². The number of benzene rings is 2. The molecule has 152 valence electrons. The van der Waals surface area contributed by atoms with Crippen molar-refractivity contribution in [3.8, 4) is 11.3 Å². The molecule has 1 atom stereocenters. The molecule has 3 heterocycles. The average Bonchev–Trinajstić information content (AvgIpc) is 3.42. The zero-order valence-corrected chi connectivity index (χ0v) is 17.1. The highest BCUT2D eigenvalue weighted by Gasteiger charge is 2.24. The minimum atomic E-state index is -0.0677. The van der Waals surface area contributed by atoms with Gasteiger partial charge in [-0.3, -0.25) is 9.89 Å². The number of aromatic nitrogens is 3. The Hall–Kier alpha value is -3.25. The van der Waals surface area contributed by atoms with Crippen LogP contribution in [-0.2, 0) is 0 Å². The molecule has 0 radical (unpaired) electrons. The molecule has 0 bridgehead atoms. The summed E-state index contributed by atoms with van der Waals surface area (Å²) in [5.41, 5.74) is 3.56. The number of rotatable bonds is 4. The SMILES string of the molecule is O=C(N[C@H]1CCCN(c2cc(-c3ccc(Cl)cc3)[nH]n2)C1)c1cc2ccccc2[nH]1. The molecule has 1 amide bonds. The molecule has 4 aromatic rings. The lowest BCUT2D eigenvalue weighted by molar-refractivity contribution is 0.0929. The molecule has 2 aromatic carbocycles. The maximum Gasteiger partial charge on any atom is 0.268 e. The van der Waals surface area contributed by atoms with Gasteiger partial charge >= 0.3 is 0 Å². The smallest absolute Gasteiger partial charge is 0.268 e. The summed E-state index contributed by atoms with van der Waals surface area (Å²) >= 11 is 5.98. The number of para-hydroxylation sites is 1. The monoisotopic (exact) mass is 419 g/mol. The van der Waals surface area contributed by atoms with E-state index < -0.39 is 0 Å². The lowest BCUT2D eigenvalue weighted by atomic mass is 10.1. The molecule has 0 unspecified atom stereocenters. The summed E-state index contributed by atoms with van der Waals surface area (Å²) in [6.45, 7) is 1.65. The fraction of sp³-hybridized carbons (Fsp3) is 0.217. The quantitative estimate of drug-likeness (QED) is 0.452. The van der Waals surface area contributed by atoms with Crippen LogP contribution in [-0.4, -0.2) is 40.2 Å². The van der Waals surface area contributed by atoms with E-state index in [0.29, 0.717) is 10.7 Å². The van der Waals surface area contributed by atoms with Gasteiger partial charge in [0.25, 0.3) is 5.91 Å². The summed E-state index contributed by atoms with van der Waals surface area (Å²) in [5, 5.41) is 12.5. The van der Waals surface area contributed by atoms with E-state index in [1.54, 1.807) is 0 Å². The molecule has 7 heteroatoms. The highest BCUT2D eigenvalue weighted by atomic mass is 35.5. The van der Waals surface area contributed by atoms with Crippen molar-refractivity contribution in [1.29, 1.82) is 0 Å². The summed E-state index contributed by atoms with van der Waals surface area (Å²) in [4.78, 5) is 18.2. The number of hydrogen-bond donors (Lipinski definition) is 3. The first-order valence-corrected chi connectivity index (χ1v) is 10.5. The van der Waals surface area contributed by atoms with Crippen molar-refractivity contribution in [3.63, 3.8) is 0 Å². The largest absolute Gasteiger partial charge is 0.353 e. The van der Waals surface area contributed by atoms with Crippen molar-refractivity contribution < 1.29 is 4.79 Å². The van der Waals surface area contributed by atoms with Crippen LogP contribution >= 0.6 is 11.6 Å². The van der Waals surface area contributed by atoms with Gasteiger partial charge in [-0.25, -0.2) is 0 Å². The van der Waals surface area contributed by atoms with Gasteiger partial charge in [0, 0.05) is 41.1 Å². The van der Waals surface area contributed by atoms with Crippen molar-refractivity contribution >= 4 is 34.2 Å². The van der Waals surface area contributed by atoms with E-state index in [-0.39, 0.29) is 11.9 Å². The number of H-pyrrole nitrogens is 2. The third-order valence-electron chi connectivity index (χ3n) is 5.57. The molecule has 0 aliphatic carbocycles. The minimum Gasteiger partial charge on any atom is -0.353 e. The third kappa shape index (κ3) is 3.78. The average molecular weight is 420 g/mol. The highest BCUT2D eigenvalue weighted by Crippen LogP contribution is 2.25. The van der Waals surface area contributed by atoms with Crippen molar-refractivity contribution in [1.82, 2.24) is 20.5 Å². The minimum absolute atomic E-state index is 0.0677. The van der Waals surface area contributed by atoms with Crippen LogP contribution in [0.5, 0.6) is 0 Å². The van der Waals surface area contributed by atoms with Crippen molar-refractivity contribution in [3.05, 3.63) is 71.4 Å². The van der Waals surface area contributed by atoms with Crippen LogP contribution in [0.25, 0.3) is 22.2 Å². The van der Waals surface area contributed by atoms with E-state index >= 15 is 0 Å². The summed E-state index contributed by atoms with van der Waals surface area (Å²) in [6.07, 6.45) is 1.96. The fourth-order valence-electron chi connectivity index (χ4n) is 4.01. The number of hydrogen-bond acceptors (Lipinski definition) is 3. The molecule has 2 aromatic heterocycles. The van der Waals surface area contributed by atoms with Crippen molar-refractivity contribution in [2.45, 2.75) is 18.9 Å². The number of carbonyl (C=O) groups excluding carboxylic acids is 1. The normalized spacial score (nSPS) is 16.7. The van der Waals surface area contributed by atoms with Crippen LogP contribution < -0.4 is 10.2 Å². The molecule has 1 saturated heterocycles. The van der Waals surface area contributed by atoms with Gasteiger partial charge in [-0.05, 0) is 42.7 Å². The first-order valence-electron chi connectivity index (χ1n) is 10.1. The maximum atomic E-state index is 12.7. The first-order chi connectivity index (χ1) is 14.7. The summed E-state index contributed by atoms with van der Waals surface area (Å²) in [6, 6.07) is 19.6. The number of carbonyl (C=O) groups is 1. The van der Waals surface area contributed by atoms with Gasteiger partial charge in [0.2, 0.25) is 0 Å². The van der Waals surface area contributed by atoms with E-state index in [4.69, 9.17) is 11.6 Å². The molecule has 1 aliphatic heterocycles. The second-order valence-electron chi connectivity index (χ2n) is 7.68. The standard InChI is InChI=1S/C23H22ClN5O/c24-17-9-7-15(8-10-17)20-13-22(28-27-20)29-11-3-5-18(14-29)25-23(30)21-12-16-4-1-2-6-19(16)26-21/h1-2,4,6-10,12-13,18,26H,3,5,11,14H2,(H,25,30)(H,27,28)/t18-/m0/s1. The lowest BCUT2D eigenvalue weighted by Crippen LogP contribution is -2.48. The Morgan fingerprint density at radius 2 is 1.97 bits per heavy atom. The van der Waals surface area contributed by atoms with Crippen LogP contribution in [0.15, 0.2) is 60.7 Å². The van der Waals surface area contributed by atoms with Crippen LogP contribution in [0, 0.1) is 0 Å². The van der Waals surface area contributed by atoms with Gasteiger partial charge < -0.3 is 15.2 Å². The van der Waals surface area contributed by atoms with Gasteiger partial charge in [-0.1, -0.05) is 41.9 Å². The molecule has 0 spiro atoms. The number of fused-ring (bicyclic) bond motifs is 1. The Morgan fingerprint density at radius 1 is 1.13 bits per heavy atom. The molecule has 3 N–H and O–H groups in total. The Morgan fingerprint density at radius 3 is 2.80 bits per heavy atom. The fourth-order valence-corrected chi connectivity index (χ4v) is 4.14. The van der Waals surface area contributed by atoms with Crippen molar-refractivity contribution in [2.24, 2.45) is 0 Å². The molecular formula is C23H22ClN5O. The maximum absolute atomic E-state index is 12.7. The van der Waals surface area contributed by atoms with E-state index in [1.165, 1.54) is 0 Å². The number of nitrogens with zero attached hydrogens (tertiary/aromatic N) is 2. The molecular weight excluding hydrogens is 398 g/mol. The summed E-state index contributed by atoms with van der Waals surface area (Å²) < 4.78 is 0. The predicted octanol–water partition coefficient (Wildman–Crippen LogP) is 4.61. The second-order valence-corrected chi connectivity index (χ2v) is 8.11. The molecule has 1 fully saturated rings. The molecule has 0 saturated carbocycles. The van der Waals surface area contributed by atoms with E-state index in [0.717, 1.165) is 53.9 Å². The predicted molar refractivity (Wildman–Crippen MR) is 120 cm³/mol. The third-order valence-corrected chi connectivity index (χ3v) is 5.83. The first kappa shape index (κ1) is 18.8. The van der Waals surface area contributed by atoms with E-state index in [2.05, 4.69) is 25.4 Å². The van der Waals surface area contributed by atoms with Crippen molar-refractivity contribution in [2.75, 3.05) is 18.0 Å².